The standard InChI is InChI=1S/C17H16N2O4/c1-10-8-11(2)23-16(10)15(20)14(9-18)17(21)19-12-4-6-13(22-3)7-5-12/h4-8,14H,1-3H3,(H,19,21)/t14-/m0/s1. The third kappa shape index (κ3) is 3.58. The molecule has 23 heavy (non-hydrogen) atoms. The number of furan rings is 1. The molecule has 0 bridgehead atoms. The fourth-order valence-electron chi connectivity index (χ4n) is 2.14. The zero-order valence-corrected chi connectivity index (χ0v) is 13.0. The van der Waals surface area contributed by atoms with Crippen LogP contribution in [-0.4, -0.2) is 18.8 Å². The maximum absolute atomic E-state index is 12.3. The first kappa shape index (κ1) is 16.3. The normalized spacial score (nSPS) is 11.4. The first-order valence-electron chi connectivity index (χ1n) is 6.92. The van der Waals surface area contributed by atoms with Crippen LogP contribution in [0.25, 0.3) is 0 Å². The van der Waals surface area contributed by atoms with E-state index >= 15 is 0 Å². The molecule has 2 aromatic rings. The monoisotopic (exact) mass is 312 g/mol. The van der Waals surface area contributed by atoms with Gasteiger partial charge in [0.15, 0.2) is 11.7 Å². The first-order valence-corrected chi connectivity index (χ1v) is 6.92. The highest BCUT2D eigenvalue weighted by atomic mass is 16.5. The molecule has 0 radical (unpaired) electrons. The lowest BCUT2D eigenvalue weighted by Crippen LogP contribution is -2.28. The summed E-state index contributed by atoms with van der Waals surface area (Å²) in [6.45, 7) is 3.39. The van der Waals surface area contributed by atoms with Gasteiger partial charge >= 0.3 is 0 Å². The van der Waals surface area contributed by atoms with Crippen LogP contribution in [-0.2, 0) is 4.79 Å². The van der Waals surface area contributed by atoms with Crippen LogP contribution in [0.1, 0.15) is 21.9 Å². The highest BCUT2D eigenvalue weighted by Gasteiger charge is 2.31. The average Bonchev–Trinajstić information content (AvgIpc) is 2.87. The van der Waals surface area contributed by atoms with Crippen molar-refractivity contribution in [1.29, 1.82) is 5.26 Å². The molecule has 1 amide bonds. The number of Topliss-reactive ketones (excluding diaryl/α,β-unsaturated/α-hetero) is 1. The molecule has 0 fully saturated rings. The summed E-state index contributed by atoms with van der Waals surface area (Å²) in [5.41, 5.74) is 1.07. The Kier molecular flexibility index (Phi) is 4.82. The summed E-state index contributed by atoms with van der Waals surface area (Å²) in [7, 11) is 1.53. The molecule has 0 saturated heterocycles. The van der Waals surface area contributed by atoms with Crippen LogP contribution in [0.15, 0.2) is 34.7 Å². The number of rotatable bonds is 5. The number of nitrogens with one attached hydrogen (secondary N) is 1. The van der Waals surface area contributed by atoms with Crippen LogP contribution in [0.4, 0.5) is 5.69 Å². The summed E-state index contributed by atoms with van der Waals surface area (Å²) in [4.78, 5) is 24.5. The smallest absolute Gasteiger partial charge is 0.249 e. The Morgan fingerprint density at radius 1 is 1.26 bits per heavy atom. The molecule has 1 N–H and O–H groups in total. The molecule has 118 valence electrons. The zero-order valence-electron chi connectivity index (χ0n) is 13.0. The highest BCUT2D eigenvalue weighted by molar-refractivity contribution is 6.15. The van der Waals surface area contributed by atoms with Crippen LogP contribution < -0.4 is 10.1 Å². The summed E-state index contributed by atoms with van der Waals surface area (Å²) in [6, 6.07) is 9.99. The second-order valence-corrected chi connectivity index (χ2v) is 5.01. The molecule has 1 aromatic carbocycles. The second kappa shape index (κ2) is 6.79. The van der Waals surface area contributed by atoms with E-state index in [2.05, 4.69) is 5.32 Å². The molecule has 0 aliphatic heterocycles. The van der Waals surface area contributed by atoms with Gasteiger partial charge < -0.3 is 14.5 Å². The van der Waals surface area contributed by atoms with Crippen molar-refractivity contribution in [1.82, 2.24) is 0 Å². The molecular formula is C17H16N2O4. The Labute approximate surface area is 133 Å². The number of anilines is 1. The van der Waals surface area contributed by atoms with E-state index in [4.69, 9.17) is 9.15 Å². The number of nitriles is 1. The van der Waals surface area contributed by atoms with Crippen LogP contribution in [0.5, 0.6) is 5.75 Å². The lowest BCUT2D eigenvalue weighted by Gasteiger charge is -2.09. The fraction of sp³-hybridized carbons (Fsp3) is 0.235. The molecule has 0 aliphatic carbocycles. The van der Waals surface area contributed by atoms with E-state index in [1.165, 1.54) is 7.11 Å². The van der Waals surface area contributed by atoms with Gasteiger partial charge in [0.1, 0.15) is 11.5 Å². The van der Waals surface area contributed by atoms with E-state index in [0.717, 1.165) is 0 Å². The summed E-state index contributed by atoms with van der Waals surface area (Å²) < 4.78 is 10.3. The number of benzene rings is 1. The summed E-state index contributed by atoms with van der Waals surface area (Å²) >= 11 is 0. The zero-order chi connectivity index (χ0) is 17.0. The Morgan fingerprint density at radius 3 is 2.39 bits per heavy atom. The Balaban J connectivity index is 2.16. The van der Waals surface area contributed by atoms with Crippen molar-refractivity contribution in [2.24, 2.45) is 5.92 Å². The topological polar surface area (TPSA) is 92.3 Å². The molecule has 6 nitrogen and oxygen atoms in total. The Hall–Kier alpha value is -3.07. The molecule has 1 aromatic heterocycles. The van der Waals surface area contributed by atoms with E-state index in [1.54, 1.807) is 50.2 Å². The molecule has 0 unspecified atom stereocenters. The predicted octanol–water partition coefficient (Wildman–Crippen LogP) is 2.87. The van der Waals surface area contributed by atoms with Crippen molar-refractivity contribution in [2.75, 3.05) is 12.4 Å². The van der Waals surface area contributed by atoms with Crippen LogP contribution in [0, 0.1) is 31.1 Å². The minimum absolute atomic E-state index is 0.0407. The molecule has 0 saturated carbocycles. The lowest BCUT2D eigenvalue weighted by atomic mass is 10.0. The van der Waals surface area contributed by atoms with Crippen LogP contribution in [0.3, 0.4) is 0 Å². The molecule has 1 heterocycles. The highest BCUT2D eigenvalue weighted by Crippen LogP contribution is 2.20. The maximum Gasteiger partial charge on any atom is 0.249 e. The SMILES string of the molecule is COc1ccc(NC(=O)[C@@H](C#N)C(=O)c2oc(C)cc2C)cc1. The number of hydrogen-bond acceptors (Lipinski definition) is 5. The van der Waals surface area contributed by atoms with Crippen LogP contribution >= 0.6 is 0 Å². The third-order valence-electron chi connectivity index (χ3n) is 3.28. The largest absolute Gasteiger partial charge is 0.497 e. The van der Waals surface area contributed by atoms with Crippen molar-refractivity contribution < 1.29 is 18.7 Å². The number of aryl methyl sites for hydroxylation is 2. The van der Waals surface area contributed by atoms with Crippen molar-refractivity contribution >= 4 is 17.4 Å². The number of nitrogens with zero attached hydrogens (tertiary/aromatic N) is 1. The van der Waals surface area contributed by atoms with E-state index in [0.29, 0.717) is 22.8 Å². The van der Waals surface area contributed by atoms with E-state index in [9.17, 15) is 14.9 Å². The van der Waals surface area contributed by atoms with Gasteiger partial charge in [0, 0.05) is 5.69 Å². The molecular weight excluding hydrogens is 296 g/mol. The fourth-order valence-corrected chi connectivity index (χ4v) is 2.14. The number of carbonyl (C=O) groups is 2. The van der Waals surface area contributed by atoms with Gasteiger partial charge in [-0.15, -0.1) is 0 Å². The quantitative estimate of drug-likeness (QED) is 0.677. The van der Waals surface area contributed by atoms with Gasteiger partial charge in [-0.1, -0.05) is 0 Å². The van der Waals surface area contributed by atoms with E-state index in [-0.39, 0.29) is 5.76 Å². The van der Waals surface area contributed by atoms with Gasteiger partial charge in [0.25, 0.3) is 0 Å². The van der Waals surface area contributed by atoms with E-state index < -0.39 is 17.6 Å². The van der Waals surface area contributed by atoms with Crippen molar-refractivity contribution in [3.8, 4) is 11.8 Å². The van der Waals surface area contributed by atoms with Gasteiger partial charge in [0.05, 0.1) is 13.2 Å². The minimum Gasteiger partial charge on any atom is -0.497 e. The van der Waals surface area contributed by atoms with Gasteiger partial charge in [-0.25, -0.2) is 0 Å². The number of ketones is 1. The van der Waals surface area contributed by atoms with Gasteiger partial charge in [0.2, 0.25) is 11.7 Å². The number of ether oxygens (including phenoxy) is 1. The van der Waals surface area contributed by atoms with Gasteiger partial charge in [-0.3, -0.25) is 9.59 Å². The molecule has 2 rings (SSSR count). The molecule has 0 spiro atoms. The van der Waals surface area contributed by atoms with Crippen molar-refractivity contribution in [3.63, 3.8) is 0 Å². The second-order valence-electron chi connectivity index (χ2n) is 5.01. The molecule has 6 heteroatoms. The number of hydrogen-bond donors (Lipinski definition) is 1. The minimum atomic E-state index is -1.47. The summed E-state index contributed by atoms with van der Waals surface area (Å²) in [6.07, 6.45) is 0. The number of carbonyl (C=O) groups excluding carboxylic acids is 2. The third-order valence-corrected chi connectivity index (χ3v) is 3.28. The number of amides is 1. The van der Waals surface area contributed by atoms with Crippen molar-refractivity contribution in [2.45, 2.75) is 13.8 Å². The molecule has 1 atom stereocenters. The predicted molar refractivity (Wildman–Crippen MR) is 83.2 cm³/mol. The Bertz CT molecular complexity index is 769. The number of methoxy groups -OCH3 is 1. The first-order chi connectivity index (χ1) is 11.0. The molecule has 0 aliphatic rings. The Morgan fingerprint density at radius 2 is 1.91 bits per heavy atom. The summed E-state index contributed by atoms with van der Waals surface area (Å²) in [5, 5.41) is 11.7. The van der Waals surface area contributed by atoms with Crippen LogP contribution in [0.2, 0.25) is 0 Å². The van der Waals surface area contributed by atoms with Gasteiger partial charge in [-0.05, 0) is 49.7 Å². The summed E-state index contributed by atoms with van der Waals surface area (Å²) in [5.74, 6) is -1.59. The van der Waals surface area contributed by atoms with Gasteiger partial charge in [-0.2, -0.15) is 5.26 Å². The van der Waals surface area contributed by atoms with Crippen molar-refractivity contribution in [3.05, 3.63) is 47.4 Å². The van der Waals surface area contributed by atoms with E-state index in [1.807, 2.05) is 0 Å². The lowest BCUT2D eigenvalue weighted by molar-refractivity contribution is -0.117. The average molecular weight is 312 g/mol. The maximum atomic E-state index is 12.3.